The molecule has 7 heteroatoms. The van der Waals surface area contributed by atoms with Gasteiger partial charge in [-0.2, -0.15) is 0 Å². The van der Waals surface area contributed by atoms with Gasteiger partial charge in [-0.1, -0.05) is 103 Å². The molecule has 0 aliphatic carbocycles. The van der Waals surface area contributed by atoms with Crippen molar-refractivity contribution in [1.29, 1.82) is 0 Å². The van der Waals surface area contributed by atoms with Crippen LogP contribution in [-0.4, -0.2) is 56.8 Å². The molecule has 0 aliphatic heterocycles. The standard InChI is InChI=1S/C28H50O7/c1-3-5-7-9-11-13-15-17-19-21-27(33,23-29)25(31)35-26(32)28(34,24-30)22-20-18-16-14-12-10-8-6-4-2/h19-22,29-30,33-34H,3-18,23-24H2,1-2H3/b21-19+,22-20+. The molecule has 0 aromatic rings. The Morgan fingerprint density at radius 2 is 0.914 bits per heavy atom. The van der Waals surface area contributed by atoms with Gasteiger partial charge in [0.25, 0.3) is 0 Å². The second-order valence-electron chi connectivity index (χ2n) is 9.47. The summed E-state index contributed by atoms with van der Waals surface area (Å²) in [5.74, 6) is -2.79. The Labute approximate surface area is 212 Å². The van der Waals surface area contributed by atoms with Crippen molar-refractivity contribution in [2.24, 2.45) is 0 Å². The summed E-state index contributed by atoms with van der Waals surface area (Å²) in [4.78, 5) is 24.7. The minimum Gasteiger partial charge on any atom is -0.392 e. The Morgan fingerprint density at radius 3 is 1.23 bits per heavy atom. The summed E-state index contributed by atoms with van der Waals surface area (Å²) in [6.07, 6.45) is 22.4. The second kappa shape index (κ2) is 20.6. The summed E-state index contributed by atoms with van der Waals surface area (Å²) in [5.41, 5.74) is -4.79. The number of aliphatic hydroxyl groups excluding tert-OH is 2. The first-order valence-corrected chi connectivity index (χ1v) is 13.6. The molecular weight excluding hydrogens is 448 g/mol. The summed E-state index contributed by atoms with van der Waals surface area (Å²) < 4.78 is 4.63. The number of hydrogen-bond donors (Lipinski definition) is 4. The number of ether oxygens (including phenoxy) is 1. The molecule has 2 unspecified atom stereocenters. The van der Waals surface area contributed by atoms with Crippen molar-refractivity contribution in [1.82, 2.24) is 0 Å². The highest BCUT2D eigenvalue weighted by Crippen LogP contribution is 2.17. The van der Waals surface area contributed by atoms with Crippen LogP contribution < -0.4 is 0 Å². The third kappa shape index (κ3) is 15.2. The van der Waals surface area contributed by atoms with Gasteiger partial charge in [0, 0.05) is 0 Å². The monoisotopic (exact) mass is 498 g/mol. The van der Waals surface area contributed by atoms with Crippen molar-refractivity contribution in [3.8, 4) is 0 Å². The van der Waals surface area contributed by atoms with E-state index in [1.165, 1.54) is 51.4 Å². The molecule has 0 aliphatic rings. The van der Waals surface area contributed by atoms with Gasteiger partial charge in [0.15, 0.2) is 0 Å². The molecule has 0 rings (SSSR count). The lowest BCUT2D eigenvalue weighted by Crippen LogP contribution is -2.48. The van der Waals surface area contributed by atoms with Crippen LogP contribution in [0.1, 0.15) is 117 Å². The number of hydrogen-bond acceptors (Lipinski definition) is 7. The molecule has 7 nitrogen and oxygen atoms in total. The number of carbonyl (C=O) groups excluding carboxylic acids is 2. The van der Waals surface area contributed by atoms with Gasteiger partial charge < -0.3 is 25.2 Å². The highest BCUT2D eigenvalue weighted by molar-refractivity contribution is 5.95. The number of allylic oxidation sites excluding steroid dienone is 2. The van der Waals surface area contributed by atoms with Crippen molar-refractivity contribution in [2.75, 3.05) is 13.2 Å². The fourth-order valence-electron chi connectivity index (χ4n) is 3.63. The molecule has 204 valence electrons. The smallest absolute Gasteiger partial charge is 0.352 e. The topological polar surface area (TPSA) is 124 Å². The number of carbonyl (C=O) groups is 2. The van der Waals surface area contributed by atoms with E-state index in [2.05, 4.69) is 18.6 Å². The van der Waals surface area contributed by atoms with Crippen molar-refractivity contribution in [3.05, 3.63) is 24.3 Å². The van der Waals surface area contributed by atoms with E-state index in [0.29, 0.717) is 12.8 Å². The van der Waals surface area contributed by atoms with Gasteiger partial charge in [-0.05, 0) is 37.8 Å². The van der Waals surface area contributed by atoms with E-state index in [1.54, 1.807) is 12.2 Å². The Bertz CT molecular complexity index is 564. The Hall–Kier alpha value is -1.54. The summed E-state index contributed by atoms with van der Waals surface area (Å²) in [5, 5.41) is 39.8. The van der Waals surface area contributed by atoms with E-state index in [9.17, 15) is 30.0 Å². The fourth-order valence-corrected chi connectivity index (χ4v) is 3.63. The SMILES string of the molecule is CCCCCCCCC/C=C/C(O)(CO)C(=O)OC(=O)C(O)(/C=C/CCCCCCCCC)CO. The molecule has 2 atom stereocenters. The third-order valence-corrected chi connectivity index (χ3v) is 6.11. The Balaban J connectivity index is 4.56. The third-order valence-electron chi connectivity index (χ3n) is 6.11. The molecule has 0 bridgehead atoms. The molecular formula is C28H50O7. The lowest BCUT2D eigenvalue weighted by molar-refractivity contribution is -0.182. The first kappa shape index (κ1) is 33.5. The largest absolute Gasteiger partial charge is 0.392 e. The van der Waals surface area contributed by atoms with Gasteiger partial charge in [0.1, 0.15) is 0 Å². The van der Waals surface area contributed by atoms with E-state index in [1.807, 2.05) is 0 Å². The minimum absolute atomic E-state index is 0.610. The van der Waals surface area contributed by atoms with Gasteiger partial charge in [0.2, 0.25) is 11.2 Å². The normalized spacial score (nSPS) is 15.4. The molecule has 0 heterocycles. The zero-order chi connectivity index (χ0) is 26.4. The van der Waals surface area contributed by atoms with E-state index >= 15 is 0 Å². The molecule has 0 spiro atoms. The van der Waals surface area contributed by atoms with Crippen molar-refractivity contribution in [2.45, 2.75) is 128 Å². The van der Waals surface area contributed by atoms with Crippen molar-refractivity contribution < 1.29 is 34.8 Å². The van der Waals surface area contributed by atoms with E-state index in [4.69, 9.17) is 0 Å². The minimum atomic E-state index is -2.39. The van der Waals surface area contributed by atoms with Crippen molar-refractivity contribution in [3.63, 3.8) is 0 Å². The van der Waals surface area contributed by atoms with E-state index in [-0.39, 0.29) is 0 Å². The molecule has 0 saturated heterocycles. The van der Waals surface area contributed by atoms with Gasteiger partial charge in [-0.25, -0.2) is 9.59 Å². The van der Waals surface area contributed by atoms with Crippen LogP contribution in [0.5, 0.6) is 0 Å². The van der Waals surface area contributed by atoms with Crippen LogP contribution in [0.3, 0.4) is 0 Å². The fraction of sp³-hybridized carbons (Fsp3) is 0.786. The zero-order valence-electron chi connectivity index (χ0n) is 22.1. The van der Waals surface area contributed by atoms with Crippen molar-refractivity contribution >= 4 is 11.9 Å². The van der Waals surface area contributed by atoms with Gasteiger partial charge in [-0.15, -0.1) is 0 Å². The summed E-state index contributed by atoms with van der Waals surface area (Å²) in [6, 6.07) is 0. The zero-order valence-corrected chi connectivity index (χ0v) is 22.1. The van der Waals surface area contributed by atoms with Crippen LogP contribution in [0.4, 0.5) is 0 Å². The van der Waals surface area contributed by atoms with Crippen LogP contribution >= 0.6 is 0 Å². The lowest BCUT2D eigenvalue weighted by Gasteiger charge is -2.23. The summed E-state index contributed by atoms with van der Waals surface area (Å²) >= 11 is 0. The summed E-state index contributed by atoms with van der Waals surface area (Å²) in [6.45, 7) is 2.39. The second-order valence-corrected chi connectivity index (χ2v) is 9.47. The van der Waals surface area contributed by atoms with Gasteiger partial charge in [0.05, 0.1) is 13.2 Å². The first-order valence-electron chi connectivity index (χ1n) is 13.6. The maximum absolute atomic E-state index is 12.3. The average molecular weight is 499 g/mol. The van der Waals surface area contributed by atoms with Gasteiger partial charge >= 0.3 is 11.9 Å². The van der Waals surface area contributed by atoms with Crippen LogP contribution in [0.15, 0.2) is 24.3 Å². The lowest BCUT2D eigenvalue weighted by atomic mass is 10.0. The number of aliphatic hydroxyl groups is 4. The molecule has 4 N–H and O–H groups in total. The Kier molecular flexibility index (Phi) is 19.7. The number of unbranched alkanes of at least 4 members (excludes halogenated alkanes) is 14. The van der Waals surface area contributed by atoms with Crippen LogP contribution in [0.25, 0.3) is 0 Å². The van der Waals surface area contributed by atoms with Crippen LogP contribution in [0.2, 0.25) is 0 Å². The number of esters is 2. The molecule has 0 aromatic carbocycles. The highest BCUT2D eigenvalue weighted by atomic mass is 16.6. The Morgan fingerprint density at radius 1 is 0.600 bits per heavy atom. The van der Waals surface area contributed by atoms with Crippen LogP contribution in [-0.2, 0) is 14.3 Å². The highest BCUT2D eigenvalue weighted by Gasteiger charge is 2.41. The van der Waals surface area contributed by atoms with Gasteiger partial charge in [-0.3, -0.25) is 0 Å². The quantitative estimate of drug-likeness (QED) is 0.0724. The average Bonchev–Trinajstić information content (AvgIpc) is 2.86. The van der Waals surface area contributed by atoms with Crippen LogP contribution in [0, 0.1) is 0 Å². The molecule has 0 radical (unpaired) electrons. The predicted octanol–water partition coefficient (Wildman–Crippen LogP) is 4.90. The predicted molar refractivity (Wildman–Crippen MR) is 139 cm³/mol. The molecule has 0 saturated carbocycles. The van der Waals surface area contributed by atoms with E-state index < -0.39 is 36.4 Å². The maximum atomic E-state index is 12.3. The maximum Gasteiger partial charge on any atom is 0.352 e. The molecule has 0 aromatic heterocycles. The summed E-state index contributed by atoms with van der Waals surface area (Å²) in [7, 11) is 0. The number of rotatable bonds is 22. The first-order chi connectivity index (χ1) is 16.8. The molecule has 0 fully saturated rings. The molecule has 0 amide bonds. The molecule has 35 heavy (non-hydrogen) atoms. The van der Waals surface area contributed by atoms with E-state index in [0.717, 1.165) is 50.7 Å².